The van der Waals surface area contributed by atoms with Gasteiger partial charge in [-0.05, 0) is 54.7 Å². The van der Waals surface area contributed by atoms with Crippen LogP contribution in [0.1, 0.15) is 69.5 Å². The predicted molar refractivity (Wildman–Crippen MR) is 131 cm³/mol. The number of carboxylic acids is 1. The Hall–Kier alpha value is -2.08. The molecule has 178 valence electrons. The van der Waals surface area contributed by atoms with E-state index in [1.54, 1.807) is 30.0 Å². The number of halogens is 2. The minimum atomic E-state index is -1.12. The normalized spacial score (nSPS) is 25.0. The van der Waals surface area contributed by atoms with Gasteiger partial charge in [0, 0.05) is 16.0 Å². The lowest BCUT2D eigenvalue weighted by Gasteiger charge is -2.52. The molecule has 0 spiro atoms. The van der Waals surface area contributed by atoms with Crippen LogP contribution in [0.5, 0.6) is 0 Å². The summed E-state index contributed by atoms with van der Waals surface area (Å²) in [5.41, 5.74) is 0.692. The Morgan fingerprint density at radius 1 is 1.09 bits per heavy atom. The van der Waals surface area contributed by atoms with Crippen LogP contribution in [0.3, 0.4) is 0 Å². The van der Waals surface area contributed by atoms with Crippen molar-refractivity contribution in [2.24, 2.45) is 5.41 Å². The second kappa shape index (κ2) is 10.5. The highest BCUT2D eigenvalue weighted by atomic mass is 35.5. The largest absolute Gasteiger partial charge is 0.481 e. The molecule has 0 saturated carbocycles. The van der Waals surface area contributed by atoms with Gasteiger partial charge in [0.25, 0.3) is 0 Å². The van der Waals surface area contributed by atoms with E-state index >= 15 is 0 Å². The molecule has 2 aromatic carbocycles. The van der Waals surface area contributed by atoms with Crippen LogP contribution >= 0.6 is 23.2 Å². The van der Waals surface area contributed by atoms with Crippen LogP contribution in [0, 0.1) is 5.41 Å². The molecule has 3 rings (SSSR count). The minimum absolute atomic E-state index is 0.218. The summed E-state index contributed by atoms with van der Waals surface area (Å²) in [4.78, 5) is 27.5. The number of aliphatic hydroxyl groups is 1. The number of hydrogen-bond donors (Lipinski definition) is 2. The van der Waals surface area contributed by atoms with E-state index < -0.39 is 29.6 Å². The predicted octanol–water partition coefficient (Wildman–Crippen LogP) is 6.08. The molecule has 1 fully saturated rings. The smallest absolute Gasteiger partial charge is 0.304 e. The van der Waals surface area contributed by atoms with Gasteiger partial charge in [-0.15, -0.1) is 0 Å². The molecule has 0 bridgehead atoms. The Bertz CT molecular complexity index is 996. The van der Waals surface area contributed by atoms with Crippen LogP contribution in [-0.4, -0.2) is 39.1 Å². The third-order valence-corrected chi connectivity index (χ3v) is 7.26. The van der Waals surface area contributed by atoms with Crippen molar-refractivity contribution in [3.05, 3.63) is 69.7 Å². The highest BCUT2D eigenvalue weighted by Crippen LogP contribution is 2.52. The molecule has 33 heavy (non-hydrogen) atoms. The van der Waals surface area contributed by atoms with Crippen molar-refractivity contribution in [3.63, 3.8) is 0 Å². The molecule has 0 aromatic heterocycles. The van der Waals surface area contributed by atoms with Crippen LogP contribution in [0.25, 0.3) is 0 Å². The number of hydrogen-bond acceptors (Lipinski definition) is 3. The maximum absolute atomic E-state index is 14.0. The fourth-order valence-corrected chi connectivity index (χ4v) is 5.50. The number of carbonyl (C=O) groups is 2. The maximum Gasteiger partial charge on any atom is 0.304 e. The van der Waals surface area contributed by atoms with Crippen molar-refractivity contribution >= 4 is 35.1 Å². The molecule has 0 aliphatic carbocycles. The monoisotopic (exact) mass is 491 g/mol. The van der Waals surface area contributed by atoms with Crippen molar-refractivity contribution in [1.82, 2.24) is 4.90 Å². The van der Waals surface area contributed by atoms with E-state index in [4.69, 9.17) is 23.2 Å². The van der Waals surface area contributed by atoms with E-state index in [0.29, 0.717) is 29.3 Å². The molecule has 5 nitrogen and oxygen atoms in total. The van der Waals surface area contributed by atoms with Crippen LogP contribution in [0.2, 0.25) is 10.0 Å². The van der Waals surface area contributed by atoms with Gasteiger partial charge in [-0.2, -0.15) is 0 Å². The zero-order valence-electron chi connectivity index (χ0n) is 19.2. The number of amides is 1. The summed E-state index contributed by atoms with van der Waals surface area (Å²) < 4.78 is 0. The van der Waals surface area contributed by atoms with E-state index in [1.807, 2.05) is 44.2 Å². The molecular weight excluding hydrogens is 461 g/mol. The molecule has 2 aromatic rings. The van der Waals surface area contributed by atoms with Gasteiger partial charge in [0.2, 0.25) is 5.91 Å². The number of likely N-dealkylation sites (tertiary alicyclic amines) is 1. The lowest BCUT2D eigenvalue weighted by molar-refractivity contribution is -0.163. The summed E-state index contributed by atoms with van der Waals surface area (Å²) in [6.45, 7) is 5.54. The van der Waals surface area contributed by atoms with Gasteiger partial charge in [0.1, 0.15) is 0 Å². The molecule has 5 atom stereocenters. The van der Waals surface area contributed by atoms with E-state index in [2.05, 4.69) is 0 Å². The molecule has 1 saturated heterocycles. The molecule has 0 radical (unpaired) electrons. The first-order chi connectivity index (χ1) is 15.6. The number of carboxylic acid groups (broad SMARTS) is 1. The molecule has 1 amide bonds. The SMILES string of the molecule is CCC([C@H](O)CC)N1C(=O)[C@@](C)(CC(=O)O)CC(c2cccc(Cl)c2)C1c1ccc(Cl)cc1. The van der Waals surface area contributed by atoms with Crippen LogP contribution < -0.4 is 0 Å². The first-order valence-electron chi connectivity index (χ1n) is 11.3. The summed E-state index contributed by atoms with van der Waals surface area (Å²) in [7, 11) is 0. The van der Waals surface area contributed by atoms with E-state index in [-0.39, 0.29) is 18.2 Å². The Labute approximate surface area is 205 Å². The van der Waals surface area contributed by atoms with Gasteiger partial charge in [0.05, 0.1) is 30.0 Å². The van der Waals surface area contributed by atoms with Gasteiger partial charge in [0.15, 0.2) is 0 Å². The second-order valence-corrected chi connectivity index (χ2v) is 10.0. The summed E-state index contributed by atoms with van der Waals surface area (Å²) in [6.07, 6.45) is 0.344. The van der Waals surface area contributed by atoms with Crippen molar-refractivity contribution < 1.29 is 19.8 Å². The number of rotatable bonds is 8. The second-order valence-electron chi connectivity index (χ2n) is 9.16. The van der Waals surface area contributed by atoms with Crippen molar-refractivity contribution in [2.45, 2.75) is 70.6 Å². The molecule has 1 aliphatic heterocycles. The standard InChI is InChI=1S/C26H31Cl2NO4/c1-4-21(22(30)5-2)29-24(16-9-11-18(27)12-10-16)20(17-7-6-8-19(28)13-17)14-26(3,25(29)33)15-23(31)32/h6-13,20-22,24,30H,4-5,14-15H2,1-3H3,(H,31,32)/t20?,21?,22-,24?,26-/m1/s1. The van der Waals surface area contributed by atoms with E-state index in [9.17, 15) is 19.8 Å². The Morgan fingerprint density at radius 2 is 1.76 bits per heavy atom. The third-order valence-electron chi connectivity index (χ3n) is 6.77. The quantitative estimate of drug-likeness (QED) is 0.468. The topological polar surface area (TPSA) is 77.8 Å². The van der Waals surface area contributed by atoms with Crippen LogP contribution in [0.15, 0.2) is 48.5 Å². The number of benzene rings is 2. The van der Waals surface area contributed by atoms with Crippen molar-refractivity contribution in [1.29, 1.82) is 0 Å². The number of aliphatic carboxylic acids is 1. The first-order valence-corrected chi connectivity index (χ1v) is 12.1. The Morgan fingerprint density at radius 3 is 2.30 bits per heavy atom. The molecule has 1 aliphatic rings. The van der Waals surface area contributed by atoms with Crippen LogP contribution in [0.4, 0.5) is 0 Å². The number of aliphatic hydroxyl groups excluding tert-OH is 1. The van der Waals surface area contributed by atoms with Gasteiger partial charge < -0.3 is 15.1 Å². The average Bonchev–Trinajstić information content (AvgIpc) is 2.77. The van der Waals surface area contributed by atoms with E-state index in [1.165, 1.54) is 0 Å². The average molecular weight is 492 g/mol. The summed E-state index contributed by atoms with van der Waals surface area (Å²) in [6, 6.07) is 14.0. The number of nitrogens with zero attached hydrogens (tertiary/aromatic N) is 1. The molecule has 7 heteroatoms. The van der Waals surface area contributed by atoms with Crippen molar-refractivity contribution in [3.8, 4) is 0 Å². The van der Waals surface area contributed by atoms with Gasteiger partial charge in [-0.3, -0.25) is 9.59 Å². The lowest BCUT2D eigenvalue weighted by atomic mass is 9.66. The highest BCUT2D eigenvalue weighted by molar-refractivity contribution is 6.30. The molecule has 2 N–H and O–H groups in total. The van der Waals surface area contributed by atoms with Gasteiger partial charge in [-0.1, -0.05) is 68.2 Å². The minimum Gasteiger partial charge on any atom is -0.481 e. The van der Waals surface area contributed by atoms with Crippen molar-refractivity contribution in [2.75, 3.05) is 0 Å². The zero-order chi connectivity index (χ0) is 24.3. The van der Waals surface area contributed by atoms with E-state index in [0.717, 1.165) is 11.1 Å². The van der Waals surface area contributed by atoms with Gasteiger partial charge >= 0.3 is 5.97 Å². The Balaban J connectivity index is 2.25. The summed E-state index contributed by atoms with van der Waals surface area (Å²) >= 11 is 12.5. The highest BCUT2D eigenvalue weighted by Gasteiger charge is 2.53. The maximum atomic E-state index is 14.0. The van der Waals surface area contributed by atoms with Gasteiger partial charge in [-0.25, -0.2) is 0 Å². The summed E-state index contributed by atoms with van der Waals surface area (Å²) in [5, 5.41) is 21.7. The molecular formula is C26H31Cl2NO4. The summed E-state index contributed by atoms with van der Waals surface area (Å²) in [5.74, 6) is -1.49. The zero-order valence-corrected chi connectivity index (χ0v) is 20.7. The molecule has 3 unspecified atom stereocenters. The fraction of sp³-hybridized carbons (Fsp3) is 0.462. The Kier molecular flexibility index (Phi) is 8.09. The lowest BCUT2D eigenvalue weighted by Crippen LogP contribution is -2.58. The molecule has 1 heterocycles. The first kappa shape index (κ1) is 25.5. The number of piperidine rings is 1. The fourth-order valence-electron chi connectivity index (χ4n) is 5.17. The third kappa shape index (κ3) is 5.37. The number of carbonyl (C=O) groups excluding carboxylic acids is 1. The van der Waals surface area contributed by atoms with Crippen LogP contribution in [-0.2, 0) is 9.59 Å².